The number of rotatable bonds is 6. The molecule has 2 amide bonds. The van der Waals surface area contributed by atoms with E-state index in [0.717, 1.165) is 4.47 Å². The first-order chi connectivity index (χ1) is 9.36. The second-order valence-electron chi connectivity index (χ2n) is 5.04. The summed E-state index contributed by atoms with van der Waals surface area (Å²) in [6, 6.07) is 7.07. The van der Waals surface area contributed by atoms with E-state index in [1.165, 1.54) is 0 Å². The van der Waals surface area contributed by atoms with Crippen molar-refractivity contribution in [2.24, 2.45) is 5.41 Å². The van der Waals surface area contributed by atoms with Crippen molar-refractivity contribution in [2.45, 2.75) is 13.8 Å². The van der Waals surface area contributed by atoms with E-state index < -0.39 is 5.41 Å². The van der Waals surface area contributed by atoms with Crippen LogP contribution in [0, 0.1) is 5.41 Å². The zero-order valence-corrected chi connectivity index (χ0v) is 13.8. The van der Waals surface area contributed by atoms with Crippen LogP contribution in [-0.4, -0.2) is 30.8 Å². The number of amides is 2. The minimum absolute atomic E-state index is 0.120. The molecule has 1 aromatic carbocycles. The SMILES string of the molecule is CC(C)(CCl)C(=O)NCCNC(=O)c1ccc(Br)cc1. The van der Waals surface area contributed by atoms with Gasteiger partial charge in [0, 0.05) is 29.0 Å². The summed E-state index contributed by atoms with van der Waals surface area (Å²) in [4.78, 5) is 23.5. The van der Waals surface area contributed by atoms with Gasteiger partial charge in [0.25, 0.3) is 5.91 Å². The van der Waals surface area contributed by atoms with Crippen molar-refractivity contribution in [3.8, 4) is 0 Å². The predicted molar refractivity (Wildman–Crippen MR) is 84.0 cm³/mol. The summed E-state index contributed by atoms with van der Waals surface area (Å²) in [5.41, 5.74) is -0.0160. The van der Waals surface area contributed by atoms with Gasteiger partial charge in [-0.3, -0.25) is 9.59 Å². The van der Waals surface area contributed by atoms with Crippen LogP contribution >= 0.6 is 27.5 Å². The van der Waals surface area contributed by atoms with Gasteiger partial charge in [0.15, 0.2) is 0 Å². The van der Waals surface area contributed by atoms with Crippen molar-refractivity contribution < 1.29 is 9.59 Å². The molecule has 2 N–H and O–H groups in total. The second kappa shape index (κ2) is 7.64. The molecular weight excluding hydrogens is 344 g/mol. The molecule has 110 valence electrons. The van der Waals surface area contributed by atoms with Gasteiger partial charge in [0.2, 0.25) is 5.91 Å². The molecule has 0 heterocycles. The number of halogens is 2. The van der Waals surface area contributed by atoms with E-state index in [4.69, 9.17) is 11.6 Å². The van der Waals surface area contributed by atoms with Crippen LogP contribution in [-0.2, 0) is 4.79 Å². The van der Waals surface area contributed by atoms with E-state index in [1.54, 1.807) is 38.1 Å². The van der Waals surface area contributed by atoms with Crippen LogP contribution in [0.15, 0.2) is 28.7 Å². The van der Waals surface area contributed by atoms with Crippen molar-refractivity contribution >= 4 is 39.3 Å². The topological polar surface area (TPSA) is 58.2 Å². The Bertz CT molecular complexity index is 475. The van der Waals surface area contributed by atoms with Crippen LogP contribution in [0.4, 0.5) is 0 Å². The van der Waals surface area contributed by atoms with Crippen molar-refractivity contribution in [1.29, 1.82) is 0 Å². The fourth-order valence-electron chi connectivity index (χ4n) is 1.36. The number of nitrogens with one attached hydrogen (secondary N) is 2. The molecule has 0 bridgehead atoms. The summed E-state index contributed by atoms with van der Waals surface area (Å²) in [5, 5.41) is 5.49. The molecule has 0 fully saturated rings. The van der Waals surface area contributed by atoms with Gasteiger partial charge in [-0.05, 0) is 38.1 Å². The van der Waals surface area contributed by atoms with Gasteiger partial charge in [-0.1, -0.05) is 15.9 Å². The molecule has 0 atom stereocenters. The molecule has 0 aliphatic rings. The third-order valence-corrected chi connectivity index (χ3v) is 3.95. The molecule has 0 unspecified atom stereocenters. The van der Waals surface area contributed by atoms with Crippen LogP contribution in [0.25, 0.3) is 0 Å². The third kappa shape index (κ3) is 5.13. The molecule has 0 saturated heterocycles. The Morgan fingerprint density at radius 2 is 1.70 bits per heavy atom. The van der Waals surface area contributed by atoms with Crippen molar-refractivity contribution in [3.63, 3.8) is 0 Å². The lowest BCUT2D eigenvalue weighted by atomic mass is 9.95. The average Bonchev–Trinajstić information content (AvgIpc) is 2.43. The van der Waals surface area contributed by atoms with E-state index in [-0.39, 0.29) is 17.7 Å². The molecule has 6 heteroatoms. The molecule has 1 rings (SSSR count). The number of alkyl halides is 1. The standard InChI is InChI=1S/C14H18BrClN2O2/c1-14(2,9-16)13(20)18-8-7-17-12(19)10-3-5-11(15)6-4-10/h3-6H,7-9H2,1-2H3,(H,17,19)(H,18,20). The van der Waals surface area contributed by atoms with E-state index in [9.17, 15) is 9.59 Å². The van der Waals surface area contributed by atoms with E-state index >= 15 is 0 Å². The maximum absolute atomic E-state index is 11.8. The minimum atomic E-state index is -0.600. The van der Waals surface area contributed by atoms with Crippen LogP contribution in [0.1, 0.15) is 24.2 Å². The Morgan fingerprint density at radius 3 is 2.25 bits per heavy atom. The maximum atomic E-state index is 11.8. The molecule has 0 saturated carbocycles. The largest absolute Gasteiger partial charge is 0.354 e. The quantitative estimate of drug-likeness (QED) is 0.604. The molecular formula is C14H18BrClN2O2. The van der Waals surface area contributed by atoms with Gasteiger partial charge < -0.3 is 10.6 Å². The van der Waals surface area contributed by atoms with Crippen LogP contribution < -0.4 is 10.6 Å². The van der Waals surface area contributed by atoms with Crippen molar-refractivity contribution in [1.82, 2.24) is 10.6 Å². The summed E-state index contributed by atoms with van der Waals surface area (Å²) in [5.74, 6) is -0.0295. The van der Waals surface area contributed by atoms with Crippen LogP contribution in [0.2, 0.25) is 0 Å². The zero-order chi connectivity index (χ0) is 15.2. The van der Waals surface area contributed by atoms with Crippen LogP contribution in [0.3, 0.4) is 0 Å². The zero-order valence-electron chi connectivity index (χ0n) is 11.5. The Morgan fingerprint density at radius 1 is 1.15 bits per heavy atom. The Kier molecular flexibility index (Phi) is 6.49. The number of hydrogen-bond donors (Lipinski definition) is 2. The first-order valence-corrected chi connectivity index (χ1v) is 7.57. The summed E-state index contributed by atoms with van der Waals surface area (Å²) >= 11 is 9.02. The van der Waals surface area contributed by atoms with E-state index in [1.807, 2.05) is 0 Å². The molecule has 0 radical (unpaired) electrons. The normalized spacial score (nSPS) is 11.0. The maximum Gasteiger partial charge on any atom is 0.251 e. The summed E-state index contributed by atoms with van der Waals surface area (Å²) in [6.45, 7) is 4.30. The average molecular weight is 362 g/mol. The highest BCUT2D eigenvalue weighted by atomic mass is 79.9. The summed E-state index contributed by atoms with van der Waals surface area (Å²) in [6.07, 6.45) is 0. The number of carbonyl (C=O) groups is 2. The van der Waals surface area contributed by atoms with Gasteiger partial charge in [0.1, 0.15) is 0 Å². The molecule has 20 heavy (non-hydrogen) atoms. The van der Waals surface area contributed by atoms with Gasteiger partial charge in [-0.25, -0.2) is 0 Å². The van der Waals surface area contributed by atoms with Crippen LogP contribution in [0.5, 0.6) is 0 Å². The number of hydrogen-bond acceptors (Lipinski definition) is 2. The molecule has 0 aromatic heterocycles. The smallest absolute Gasteiger partial charge is 0.251 e. The first-order valence-electron chi connectivity index (χ1n) is 6.25. The highest BCUT2D eigenvalue weighted by Crippen LogP contribution is 2.16. The fourth-order valence-corrected chi connectivity index (χ4v) is 1.74. The fraction of sp³-hybridized carbons (Fsp3) is 0.429. The van der Waals surface area contributed by atoms with Gasteiger partial charge in [-0.2, -0.15) is 0 Å². The molecule has 4 nitrogen and oxygen atoms in total. The lowest BCUT2D eigenvalue weighted by Crippen LogP contribution is -2.41. The summed E-state index contributed by atoms with van der Waals surface area (Å²) in [7, 11) is 0. The lowest BCUT2D eigenvalue weighted by molar-refractivity contribution is -0.128. The van der Waals surface area contributed by atoms with Gasteiger partial charge >= 0.3 is 0 Å². The third-order valence-electron chi connectivity index (χ3n) is 2.75. The lowest BCUT2D eigenvalue weighted by Gasteiger charge is -2.20. The Balaban J connectivity index is 2.33. The highest BCUT2D eigenvalue weighted by Gasteiger charge is 2.25. The number of carbonyl (C=O) groups excluding carboxylic acids is 2. The second-order valence-corrected chi connectivity index (χ2v) is 6.22. The minimum Gasteiger partial charge on any atom is -0.354 e. The molecule has 1 aromatic rings. The predicted octanol–water partition coefficient (Wildman–Crippen LogP) is 2.56. The van der Waals surface area contributed by atoms with E-state index in [2.05, 4.69) is 26.6 Å². The van der Waals surface area contributed by atoms with Gasteiger partial charge in [0.05, 0.1) is 5.41 Å². The Hall–Kier alpha value is -1.07. The first kappa shape index (κ1) is 17.0. The monoisotopic (exact) mass is 360 g/mol. The van der Waals surface area contributed by atoms with Gasteiger partial charge in [-0.15, -0.1) is 11.6 Å². The Labute approximate surface area is 132 Å². The number of benzene rings is 1. The van der Waals surface area contributed by atoms with Crippen molar-refractivity contribution in [3.05, 3.63) is 34.3 Å². The highest BCUT2D eigenvalue weighted by molar-refractivity contribution is 9.10. The van der Waals surface area contributed by atoms with Crippen molar-refractivity contribution in [2.75, 3.05) is 19.0 Å². The molecule has 0 aliphatic carbocycles. The molecule has 0 aliphatic heterocycles. The summed E-state index contributed by atoms with van der Waals surface area (Å²) < 4.78 is 0.921. The molecule has 0 spiro atoms. The van der Waals surface area contributed by atoms with E-state index in [0.29, 0.717) is 18.7 Å².